The summed E-state index contributed by atoms with van der Waals surface area (Å²) in [6, 6.07) is 0. The van der Waals surface area contributed by atoms with Gasteiger partial charge in [-0.25, -0.2) is 9.97 Å². The number of aromatic amines is 1. The summed E-state index contributed by atoms with van der Waals surface area (Å²) in [5, 5.41) is 9.11. The number of hydrogen-bond donors (Lipinski definition) is 2. The Bertz CT molecular complexity index is 398. The van der Waals surface area contributed by atoms with Gasteiger partial charge in [-0.05, 0) is 15.9 Å². The maximum absolute atomic E-state index is 9.11. The highest BCUT2D eigenvalue weighted by Gasteiger charge is 2.05. The molecule has 2 aromatic rings. The summed E-state index contributed by atoms with van der Waals surface area (Å²) in [6.45, 7) is 0. The van der Waals surface area contributed by atoms with Crippen LogP contribution in [-0.4, -0.2) is 25.0 Å². The van der Waals surface area contributed by atoms with Crippen molar-refractivity contribution in [3.05, 3.63) is 11.1 Å². The third kappa shape index (κ3) is 0.949. The zero-order valence-electron chi connectivity index (χ0n) is 5.17. The Morgan fingerprint density at radius 1 is 1.45 bits per heavy atom. The SMILES string of the molecule is Oc1n[c]nc2nc(Br)[nH]c12. The summed E-state index contributed by atoms with van der Waals surface area (Å²) in [4.78, 5) is 13.8. The van der Waals surface area contributed by atoms with Gasteiger partial charge >= 0.3 is 0 Å². The zero-order chi connectivity index (χ0) is 7.84. The highest BCUT2D eigenvalue weighted by molar-refractivity contribution is 9.10. The number of nitrogens with one attached hydrogen (secondary N) is 1. The first kappa shape index (κ1) is 6.53. The first-order valence-electron chi connectivity index (χ1n) is 2.75. The topological polar surface area (TPSA) is 74.7 Å². The van der Waals surface area contributed by atoms with Gasteiger partial charge in [0.1, 0.15) is 5.52 Å². The van der Waals surface area contributed by atoms with Crippen LogP contribution in [0.15, 0.2) is 4.73 Å². The Balaban J connectivity index is 2.90. The molecule has 0 fully saturated rings. The molecule has 0 spiro atoms. The molecule has 0 amide bonds. The van der Waals surface area contributed by atoms with Crippen LogP contribution in [0, 0.1) is 6.33 Å². The van der Waals surface area contributed by atoms with Crippen LogP contribution in [-0.2, 0) is 0 Å². The van der Waals surface area contributed by atoms with Crippen molar-refractivity contribution in [2.24, 2.45) is 0 Å². The highest BCUT2D eigenvalue weighted by Crippen LogP contribution is 2.18. The quantitative estimate of drug-likeness (QED) is 0.630. The highest BCUT2D eigenvalue weighted by atomic mass is 79.9. The first-order valence-corrected chi connectivity index (χ1v) is 3.55. The molecule has 0 aromatic carbocycles. The number of hydrogen-bond acceptors (Lipinski definition) is 4. The van der Waals surface area contributed by atoms with E-state index in [-0.39, 0.29) is 5.88 Å². The van der Waals surface area contributed by atoms with Crippen molar-refractivity contribution in [1.82, 2.24) is 19.9 Å². The van der Waals surface area contributed by atoms with Gasteiger partial charge in [-0.1, -0.05) is 0 Å². The molecule has 0 saturated carbocycles. The van der Waals surface area contributed by atoms with Crippen molar-refractivity contribution in [3.63, 3.8) is 0 Å². The molecule has 2 N–H and O–H groups in total. The first-order chi connectivity index (χ1) is 5.27. The number of imidazole rings is 1. The van der Waals surface area contributed by atoms with Gasteiger partial charge in [-0.15, -0.1) is 0 Å². The molecular weight excluding hydrogens is 212 g/mol. The maximum Gasteiger partial charge on any atom is 0.241 e. The number of nitrogens with zero attached hydrogens (tertiary/aromatic N) is 3. The molecular formula is C5H2BrN4O. The van der Waals surface area contributed by atoms with E-state index in [1.165, 1.54) is 0 Å². The molecule has 11 heavy (non-hydrogen) atoms. The molecule has 5 nitrogen and oxygen atoms in total. The summed E-state index contributed by atoms with van der Waals surface area (Å²) in [7, 11) is 0. The predicted octanol–water partition coefficient (Wildman–Crippen LogP) is 0.621. The van der Waals surface area contributed by atoms with E-state index in [4.69, 9.17) is 5.11 Å². The van der Waals surface area contributed by atoms with Gasteiger partial charge in [0.05, 0.1) is 0 Å². The van der Waals surface area contributed by atoms with Gasteiger partial charge in [0, 0.05) is 0 Å². The molecule has 2 rings (SSSR count). The minimum absolute atomic E-state index is 0.145. The Hall–Kier alpha value is -1.17. The number of aromatic hydroxyl groups is 1. The molecule has 55 valence electrons. The van der Waals surface area contributed by atoms with Crippen molar-refractivity contribution in [1.29, 1.82) is 0 Å². The van der Waals surface area contributed by atoms with Crippen LogP contribution in [0.3, 0.4) is 0 Å². The van der Waals surface area contributed by atoms with E-state index < -0.39 is 0 Å². The average molecular weight is 214 g/mol. The van der Waals surface area contributed by atoms with E-state index in [1.54, 1.807) is 0 Å². The van der Waals surface area contributed by atoms with Crippen molar-refractivity contribution in [2.45, 2.75) is 0 Å². The molecule has 0 bridgehead atoms. The van der Waals surface area contributed by atoms with Crippen molar-refractivity contribution < 1.29 is 5.11 Å². The second kappa shape index (κ2) is 2.16. The average Bonchev–Trinajstić information content (AvgIpc) is 2.31. The van der Waals surface area contributed by atoms with E-state index in [0.717, 1.165) is 0 Å². The number of halogens is 1. The van der Waals surface area contributed by atoms with E-state index in [0.29, 0.717) is 15.9 Å². The zero-order valence-corrected chi connectivity index (χ0v) is 6.75. The smallest absolute Gasteiger partial charge is 0.241 e. The molecule has 2 aromatic heterocycles. The van der Waals surface area contributed by atoms with Crippen LogP contribution in [0.2, 0.25) is 0 Å². The molecule has 0 saturated heterocycles. The molecule has 0 aliphatic rings. The molecule has 0 aliphatic heterocycles. The van der Waals surface area contributed by atoms with Crippen LogP contribution in [0.5, 0.6) is 5.88 Å². The van der Waals surface area contributed by atoms with Crippen LogP contribution in [0.4, 0.5) is 0 Å². The molecule has 2 heterocycles. The van der Waals surface area contributed by atoms with Gasteiger partial charge in [0.2, 0.25) is 12.2 Å². The third-order valence-corrected chi connectivity index (χ3v) is 1.57. The molecule has 6 heteroatoms. The van der Waals surface area contributed by atoms with Crippen molar-refractivity contribution in [3.8, 4) is 5.88 Å². The fourth-order valence-corrected chi connectivity index (χ4v) is 1.11. The lowest BCUT2D eigenvalue weighted by Gasteiger charge is -1.87. The summed E-state index contributed by atoms with van der Waals surface area (Å²) >= 11 is 3.10. The summed E-state index contributed by atoms with van der Waals surface area (Å²) in [5.74, 6) is -0.145. The lowest BCUT2D eigenvalue weighted by Crippen LogP contribution is -1.80. The van der Waals surface area contributed by atoms with E-state index in [2.05, 4.69) is 42.2 Å². The molecule has 1 radical (unpaired) electrons. The maximum atomic E-state index is 9.11. The monoisotopic (exact) mass is 213 g/mol. The molecule has 0 unspecified atom stereocenters. The lowest BCUT2D eigenvalue weighted by molar-refractivity contribution is 0.457. The molecule has 0 atom stereocenters. The van der Waals surface area contributed by atoms with Gasteiger partial charge in [0.25, 0.3) is 0 Å². The van der Waals surface area contributed by atoms with Crippen LogP contribution >= 0.6 is 15.9 Å². The van der Waals surface area contributed by atoms with Crippen LogP contribution in [0.1, 0.15) is 0 Å². The van der Waals surface area contributed by atoms with Gasteiger partial charge in [-0.3, -0.25) is 0 Å². The summed E-state index contributed by atoms with van der Waals surface area (Å²) < 4.78 is 0.511. The predicted molar refractivity (Wildman–Crippen MR) is 39.9 cm³/mol. The number of rotatable bonds is 0. The standard InChI is InChI=1S/C5H2BrN4O/c6-5-9-2-3(10-5)7-1-8-4(2)11/h(H2,7,8,9,10,11). The fraction of sp³-hybridized carbons (Fsp3) is 0. The van der Waals surface area contributed by atoms with E-state index in [1.807, 2.05) is 0 Å². The summed E-state index contributed by atoms with van der Waals surface area (Å²) in [5.41, 5.74) is 0.806. The fourth-order valence-electron chi connectivity index (χ4n) is 0.748. The normalized spacial score (nSPS) is 10.6. The third-order valence-electron chi connectivity index (χ3n) is 1.19. The molecule has 0 aliphatic carbocycles. The Morgan fingerprint density at radius 2 is 2.27 bits per heavy atom. The van der Waals surface area contributed by atoms with Gasteiger partial charge < -0.3 is 10.1 Å². The lowest BCUT2D eigenvalue weighted by atomic mass is 10.5. The number of H-pyrrole nitrogens is 1. The van der Waals surface area contributed by atoms with E-state index in [9.17, 15) is 0 Å². The van der Waals surface area contributed by atoms with E-state index >= 15 is 0 Å². The van der Waals surface area contributed by atoms with Crippen molar-refractivity contribution in [2.75, 3.05) is 0 Å². The Kier molecular flexibility index (Phi) is 1.28. The minimum Gasteiger partial charge on any atom is -0.492 e. The second-order valence-electron chi connectivity index (χ2n) is 1.87. The van der Waals surface area contributed by atoms with Crippen LogP contribution in [0.25, 0.3) is 11.2 Å². The minimum atomic E-state index is -0.145. The summed E-state index contributed by atoms with van der Waals surface area (Å²) in [6.07, 6.45) is 2.26. The number of fused-ring (bicyclic) bond motifs is 1. The Labute approximate surface area is 69.6 Å². The largest absolute Gasteiger partial charge is 0.492 e. The second-order valence-corrected chi connectivity index (χ2v) is 2.62. The van der Waals surface area contributed by atoms with Gasteiger partial charge in [-0.2, -0.15) is 4.98 Å². The van der Waals surface area contributed by atoms with Crippen molar-refractivity contribution >= 4 is 27.1 Å². The number of aromatic nitrogens is 4. The van der Waals surface area contributed by atoms with Crippen LogP contribution < -0.4 is 0 Å². The van der Waals surface area contributed by atoms with Gasteiger partial charge in [0.15, 0.2) is 10.4 Å². The Morgan fingerprint density at radius 3 is 3.00 bits per heavy atom.